The number of anilines is 1. The zero-order valence-corrected chi connectivity index (χ0v) is 12.0. The van der Waals surface area contributed by atoms with Crippen molar-refractivity contribution in [1.82, 2.24) is 19.3 Å². The minimum absolute atomic E-state index is 0.613. The van der Waals surface area contributed by atoms with Crippen molar-refractivity contribution in [2.24, 2.45) is 0 Å². The number of imidazole rings is 1. The summed E-state index contributed by atoms with van der Waals surface area (Å²) < 4.78 is 9.15. The fourth-order valence-corrected chi connectivity index (χ4v) is 2.23. The second-order valence-electron chi connectivity index (χ2n) is 4.66. The van der Waals surface area contributed by atoms with Crippen LogP contribution in [-0.4, -0.2) is 26.4 Å². The standard InChI is InChI=1S/C15H17N5O/c1-3-19-9-11(7-18-19)14-8-17-10-20(14)12-4-5-13(16)15(6-12)21-2/h4-10H,3,16H2,1-2H3. The van der Waals surface area contributed by atoms with E-state index in [1.165, 1.54) is 0 Å². The SMILES string of the molecule is CCn1cc(-c2cncn2-c2ccc(N)c(OC)c2)cn1. The van der Waals surface area contributed by atoms with E-state index >= 15 is 0 Å². The third-order valence-corrected chi connectivity index (χ3v) is 3.39. The molecule has 0 unspecified atom stereocenters. The van der Waals surface area contributed by atoms with Crippen molar-refractivity contribution in [3.05, 3.63) is 43.1 Å². The van der Waals surface area contributed by atoms with Gasteiger partial charge in [-0.3, -0.25) is 9.25 Å². The molecule has 3 aromatic rings. The van der Waals surface area contributed by atoms with Crippen molar-refractivity contribution < 1.29 is 4.74 Å². The van der Waals surface area contributed by atoms with Crippen LogP contribution in [0, 0.1) is 0 Å². The summed E-state index contributed by atoms with van der Waals surface area (Å²) in [5.41, 5.74) is 9.41. The lowest BCUT2D eigenvalue weighted by Crippen LogP contribution is -1.98. The molecule has 0 saturated carbocycles. The van der Waals surface area contributed by atoms with Crippen LogP contribution >= 0.6 is 0 Å². The third-order valence-electron chi connectivity index (χ3n) is 3.39. The highest BCUT2D eigenvalue weighted by Gasteiger charge is 2.10. The third kappa shape index (κ3) is 2.35. The lowest BCUT2D eigenvalue weighted by atomic mass is 10.2. The Morgan fingerprint density at radius 2 is 2.14 bits per heavy atom. The Morgan fingerprint density at radius 1 is 1.29 bits per heavy atom. The van der Waals surface area contributed by atoms with E-state index in [0.29, 0.717) is 11.4 Å². The van der Waals surface area contributed by atoms with Crippen LogP contribution in [0.1, 0.15) is 6.92 Å². The first-order valence-corrected chi connectivity index (χ1v) is 6.72. The van der Waals surface area contributed by atoms with Gasteiger partial charge < -0.3 is 10.5 Å². The van der Waals surface area contributed by atoms with Gasteiger partial charge in [0.05, 0.1) is 42.9 Å². The van der Waals surface area contributed by atoms with Crippen LogP contribution in [0.5, 0.6) is 5.75 Å². The summed E-state index contributed by atoms with van der Waals surface area (Å²) in [5.74, 6) is 0.649. The van der Waals surface area contributed by atoms with E-state index in [1.54, 1.807) is 13.4 Å². The Kier molecular flexibility index (Phi) is 3.35. The number of nitrogen functional groups attached to an aromatic ring is 1. The van der Waals surface area contributed by atoms with Gasteiger partial charge in [-0.05, 0) is 19.1 Å². The van der Waals surface area contributed by atoms with Crippen molar-refractivity contribution in [2.75, 3.05) is 12.8 Å². The molecule has 1 aromatic carbocycles. The van der Waals surface area contributed by atoms with Crippen LogP contribution in [0.4, 0.5) is 5.69 Å². The summed E-state index contributed by atoms with van der Waals surface area (Å²) in [5, 5.41) is 4.30. The Labute approximate surface area is 122 Å². The molecule has 3 rings (SSSR count). The number of methoxy groups -OCH3 is 1. The average molecular weight is 283 g/mol. The van der Waals surface area contributed by atoms with Crippen LogP contribution in [0.3, 0.4) is 0 Å². The van der Waals surface area contributed by atoms with E-state index in [9.17, 15) is 0 Å². The Hall–Kier alpha value is -2.76. The van der Waals surface area contributed by atoms with E-state index in [1.807, 2.05) is 46.0 Å². The molecule has 0 aliphatic rings. The van der Waals surface area contributed by atoms with E-state index < -0.39 is 0 Å². The quantitative estimate of drug-likeness (QED) is 0.746. The lowest BCUT2D eigenvalue weighted by molar-refractivity contribution is 0.417. The molecule has 0 saturated heterocycles. The smallest absolute Gasteiger partial charge is 0.143 e. The van der Waals surface area contributed by atoms with Crippen LogP contribution in [0.2, 0.25) is 0 Å². The van der Waals surface area contributed by atoms with Crippen molar-refractivity contribution in [3.63, 3.8) is 0 Å². The summed E-state index contributed by atoms with van der Waals surface area (Å²) >= 11 is 0. The number of rotatable bonds is 4. The molecular formula is C15H17N5O. The van der Waals surface area contributed by atoms with Gasteiger partial charge in [-0.25, -0.2) is 4.98 Å². The molecule has 0 atom stereocenters. The molecule has 0 radical (unpaired) electrons. The number of aryl methyl sites for hydroxylation is 1. The van der Waals surface area contributed by atoms with Crippen LogP contribution in [0.25, 0.3) is 16.9 Å². The van der Waals surface area contributed by atoms with Crippen molar-refractivity contribution in [2.45, 2.75) is 13.5 Å². The molecular weight excluding hydrogens is 266 g/mol. The summed E-state index contributed by atoms with van der Waals surface area (Å²) in [4.78, 5) is 4.24. The van der Waals surface area contributed by atoms with E-state index in [4.69, 9.17) is 10.5 Å². The van der Waals surface area contributed by atoms with Crippen molar-refractivity contribution in [1.29, 1.82) is 0 Å². The molecule has 0 aliphatic carbocycles. The maximum atomic E-state index is 5.86. The molecule has 21 heavy (non-hydrogen) atoms. The first-order valence-electron chi connectivity index (χ1n) is 6.72. The van der Waals surface area contributed by atoms with Gasteiger partial charge >= 0.3 is 0 Å². The first kappa shape index (κ1) is 13.2. The predicted octanol–water partition coefficient (Wildman–Crippen LogP) is 2.35. The second-order valence-corrected chi connectivity index (χ2v) is 4.66. The molecule has 2 aromatic heterocycles. The van der Waals surface area contributed by atoms with E-state index in [-0.39, 0.29) is 0 Å². The highest BCUT2D eigenvalue weighted by Crippen LogP contribution is 2.27. The van der Waals surface area contributed by atoms with Crippen LogP contribution in [0.15, 0.2) is 43.1 Å². The number of hydrogen-bond acceptors (Lipinski definition) is 4. The zero-order valence-electron chi connectivity index (χ0n) is 12.0. The number of aromatic nitrogens is 4. The minimum Gasteiger partial charge on any atom is -0.495 e. The largest absolute Gasteiger partial charge is 0.495 e. The molecule has 0 bridgehead atoms. The molecule has 0 fully saturated rings. The van der Waals surface area contributed by atoms with Gasteiger partial charge in [-0.15, -0.1) is 0 Å². The summed E-state index contributed by atoms with van der Waals surface area (Å²) in [6.45, 7) is 2.89. The molecule has 2 N–H and O–H groups in total. The monoisotopic (exact) mass is 283 g/mol. The number of hydrogen-bond donors (Lipinski definition) is 1. The molecule has 108 valence electrons. The number of nitrogens with zero attached hydrogens (tertiary/aromatic N) is 4. The Bertz CT molecular complexity index is 759. The molecule has 6 heteroatoms. The number of nitrogens with two attached hydrogens (primary N) is 1. The topological polar surface area (TPSA) is 70.9 Å². The van der Waals surface area contributed by atoms with Crippen LogP contribution in [-0.2, 0) is 6.54 Å². The lowest BCUT2D eigenvalue weighted by Gasteiger charge is -2.10. The van der Waals surface area contributed by atoms with Gasteiger partial charge in [0, 0.05) is 24.4 Å². The maximum absolute atomic E-state index is 5.86. The first-order chi connectivity index (χ1) is 10.2. The molecule has 0 amide bonds. The molecule has 0 spiro atoms. The van der Waals surface area contributed by atoms with Gasteiger partial charge in [0.1, 0.15) is 5.75 Å². The second kappa shape index (κ2) is 5.32. The van der Waals surface area contributed by atoms with Gasteiger partial charge in [0.2, 0.25) is 0 Å². The summed E-state index contributed by atoms with van der Waals surface area (Å²) in [6, 6.07) is 5.66. The predicted molar refractivity (Wildman–Crippen MR) is 81.4 cm³/mol. The highest BCUT2D eigenvalue weighted by atomic mass is 16.5. The van der Waals surface area contributed by atoms with Gasteiger partial charge in [0.15, 0.2) is 0 Å². The van der Waals surface area contributed by atoms with E-state index in [0.717, 1.165) is 23.5 Å². The van der Waals surface area contributed by atoms with Gasteiger partial charge in [-0.2, -0.15) is 5.10 Å². The van der Waals surface area contributed by atoms with Crippen LogP contribution < -0.4 is 10.5 Å². The Morgan fingerprint density at radius 3 is 2.86 bits per heavy atom. The zero-order chi connectivity index (χ0) is 14.8. The minimum atomic E-state index is 0.613. The van der Waals surface area contributed by atoms with E-state index in [2.05, 4.69) is 17.0 Å². The highest BCUT2D eigenvalue weighted by molar-refractivity contribution is 5.63. The normalized spacial score (nSPS) is 10.8. The van der Waals surface area contributed by atoms with Gasteiger partial charge in [-0.1, -0.05) is 0 Å². The molecule has 2 heterocycles. The number of ether oxygens (including phenoxy) is 1. The summed E-state index contributed by atoms with van der Waals surface area (Å²) in [6.07, 6.45) is 7.43. The average Bonchev–Trinajstić information content (AvgIpc) is 3.16. The summed E-state index contributed by atoms with van der Waals surface area (Å²) in [7, 11) is 1.61. The molecule has 6 nitrogen and oxygen atoms in total. The number of benzene rings is 1. The van der Waals surface area contributed by atoms with Crippen molar-refractivity contribution in [3.8, 4) is 22.7 Å². The van der Waals surface area contributed by atoms with Crippen molar-refractivity contribution >= 4 is 5.69 Å². The maximum Gasteiger partial charge on any atom is 0.143 e. The van der Waals surface area contributed by atoms with Gasteiger partial charge in [0.25, 0.3) is 0 Å². The fraction of sp³-hybridized carbons (Fsp3) is 0.200. The fourth-order valence-electron chi connectivity index (χ4n) is 2.23. The Balaban J connectivity index is 2.06. The molecule has 0 aliphatic heterocycles.